The molecule has 0 radical (unpaired) electrons. The maximum atomic E-state index is 14.2. The molecule has 3 aliphatic heterocycles. The highest BCUT2D eigenvalue weighted by Crippen LogP contribution is 2.35. The van der Waals surface area contributed by atoms with Crippen molar-refractivity contribution >= 4 is 17.7 Å². The zero-order valence-electron chi connectivity index (χ0n) is 26.8. The van der Waals surface area contributed by atoms with E-state index in [9.17, 15) is 24.6 Å². The Morgan fingerprint density at radius 2 is 1.75 bits per heavy atom. The number of hydrogen-bond donors (Lipinski definition) is 2. The molecule has 0 saturated carbocycles. The molecular weight excluding hydrogens is 558 g/mol. The summed E-state index contributed by atoms with van der Waals surface area (Å²) in [4.78, 5) is 42.9. The first kappa shape index (κ1) is 34.1. The molecule has 0 spiro atoms. The summed E-state index contributed by atoms with van der Waals surface area (Å²) in [5.74, 6) is -6.05. The molecule has 3 heterocycles. The fourth-order valence-electron chi connectivity index (χ4n) is 6.85. The van der Waals surface area contributed by atoms with Gasteiger partial charge in [0.25, 0.3) is 5.91 Å². The molecule has 44 heavy (non-hydrogen) atoms. The quantitative estimate of drug-likeness (QED) is 0.275. The van der Waals surface area contributed by atoms with Crippen molar-refractivity contribution in [1.29, 1.82) is 0 Å². The molecule has 8 nitrogen and oxygen atoms in total. The van der Waals surface area contributed by atoms with E-state index in [1.807, 2.05) is 56.4 Å². The summed E-state index contributed by atoms with van der Waals surface area (Å²) in [6.07, 6.45) is 11.3. The maximum Gasteiger partial charge on any atom is 0.329 e. The topological polar surface area (TPSA) is 113 Å². The Hall–Kier alpha value is -2.81. The number of allylic oxidation sites excluding steroid dienone is 3. The van der Waals surface area contributed by atoms with Crippen molar-refractivity contribution in [2.24, 2.45) is 23.7 Å². The summed E-state index contributed by atoms with van der Waals surface area (Å²) >= 11 is 0. The Balaban J connectivity index is 1.71. The van der Waals surface area contributed by atoms with Gasteiger partial charge in [0.05, 0.1) is 12.2 Å². The molecule has 2 N–H and O–H groups in total. The van der Waals surface area contributed by atoms with Gasteiger partial charge in [0.2, 0.25) is 5.78 Å². The van der Waals surface area contributed by atoms with Crippen molar-refractivity contribution in [2.75, 3.05) is 6.54 Å². The van der Waals surface area contributed by atoms with Gasteiger partial charge in [-0.25, -0.2) is 4.79 Å². The Bertz CT molecular complexity index is 1180. The van der Waals surface area contributed by atoms with E-state index in [-0.39, 0.29) is 18.4 Å². The van der Waals surface area contributed by atoms with Crippen LogP contribution < -0.4 is 0 Å². The van der Waals surface area contributed by atoms with Crippen LogP contribution in [-0.2, 0) is 30.3 Å². The van der Waals surface area contributed by atoms with Crippen LogP contribution in [0.5, 0.6) is 0 Å². The zero-order chi connectivity index (χ0) is 31.9. The minimum atomic E-state index is -2.74. The lowest BCUT2D eigenvalue weighted by Gasteiger charge is -2.40. The second kappa shape index (κ2) is 15.5. The Morgan fingerprint density at radius 3 is 2.48 bits per heavy atom. The molecule has 1 aromatic carbocycles. The number of ketones is 1. The first-order valence-electron chi connectivity index (χ1n) is 16.6. The standard InChI is InChI=1S/C36H51NO7/c1-5-28(23-27-16-10-8-11-17-27)31-19-12-7-6-9-15-24(2)32(38)26(4)30-21-20-25(3)33(39)36(42,44-30)35(41)37-22-14-13-18-29(37)34(40)43-31/h6,8-12,16-17,19,24-26,28-32,38,42H,5,7,13-15,18,20-23H2,1-4H3/b9-6+,19-12+/t24-,25?,26+,28-,29+,30+,31+,32+,36?/m1/s1. The van der Waals surface area contributed by atoms with Gasteiger partial charge in [-0.1, -0.05) is 76.3 Å². The molecular formula is C36H51NO7. The van der Waals surface area contributed by atoms with Crippen LogP contribution in [0.25, 0.3) is 0 Å². The third kappa shape index (κ3) is 7.88. The van der Waals surface area contributed by atoms with Gasteiger partial charge >= 0.3 is 11.8 Å². The van der Waals surface area contributed by atoms with Gasteiger partial charge in [-0.3, -0.25) is 9.59 Å². The monoisotopic (exact) mass is 609 g/mol. The molecule has 3 aliphatic rings. The van der Waals surface area contributed by atoms with E-state index < -0.39 is 59.6 Å². The number of aliphatic hydroxyl groups is 2. The van der Waals surface area contributed by atoms with E-state index in [0.717, 1.165) is 18.4 Å². The van der Waals surface area contributed by atoms with Crippen molar-refractivity contribution in [3.63, 3.8) is 0 Å². The second-order valence-electron chi connectivity index (χ2n) is 13.1. The van der Waals surface area contributed by atoms with E-state index in [0.29, 0.717) is 44.9 Å². The molecule has 2 saturated heterocycles. The number of nitrogens with zero attached hydrogens (tertiary/aromatic N) is 1. The number of fused-ring (bicyclic) bond motifs is 3. The van der Waals surface area contributed by atoms with E-state index in [1.54, 1.807) is 6.92 Å². The van der Waals surface area contributed by atoms with Gasteiger partial charge in [-0.2, -0.15) is 0 Å². The summed E-state index contributed by atoms with van der Waals surface area (Å²) in [5.41, 5.74) is 1.15. The molecule has 2 fully saturated rings. The molecule has 2 unspecified atom stereocenters. The fourth-order valence-corrected chi connectivity index (χ4v) is 6.85. The smallest absolute Gasteiger partial charge is 0.329 e. The van der Waals surface area contributed by atoms with E-state index in [2.05, 4.69) is 19.1 Å². The minimum Gasteiger partial charge on any atom is -0.456 e. The van der Waals surface area contributed by atoms with Gasteiger partial charge < -0.3 is 24.6 Å². The Morgan fingerprint density at radius 1 is 1.00 bits per heavy atom. The van der Waals surface area contributed by atoms with E-state index in [4.69, 9.17) is 9.47 Å². The molecule has 8 heteroatoms. The molecule has 0 aromatic heterocycles. The van der Waals surface area contributed by atoms with Crippen LogP contribution in [0.4, 0.5) is 0 Å². The van der Waals surface area contributed by atoms with Crippen LogP contribution in [0, 0.1) is 23.7 Å². The molecule has 1 aromatic rings. The van der Waals surface area contributed by atoms with Crippen LogP contribution in [0.1, 0.15) is 84.6 Å². The summed E-state index contributed by atoms with van der Waals surface area (Å²) in [5, 5.41) is 23.0. The van der Waals surface area contributed by atoms with Gasteiger partial charge in [-0.15, -0.1) is 0 Å². The molecule has 4 rings (SSSR count). The van der Waals surface area contributed by atoms with Crippen molar-refractivity contribution in [2.45, 2.75) is 116 Å². The van der Waals surface area contributed by atoms with Crippen LogP contribution in [-0.4, -0.2) is 69.5 Å². The lowest BCUT2D eigenvalue weighted by molar-refractivity contribution is -0.237. The SMILES string of the molecule is CC[C@H](Cc1ccccc1)[C@@H]1/C=C/C/C=C/C[C@@H](C)[C@H](O)[C@@H](C)[C@@H]2CCC(C)C(=O)C(O)(O2)C(=O)N2CCCC[C@H]2C(=O)O1. The third-order valence-electron chi connectivity index (χ3n) is 9.88. The first-order chi connectivity index (χ1) is 21.1. The second-order valence-corrected chi connectivity index (χ2v) is 13.1. The van der Waals surface area contributed by atoms with Crippen molar-refractivity contribution in [3.05, 3.63) is 60.2 Å². The lowest BCUT2D eigenvalue weighted by atomic mass is 9.85. The normalized spacial score (nSPS) is 36.6. The number of amides is 1. The summed E-state index contributed by atoms with van der Waals surface area (Å²) in [6, 6.07) is 9.15. The average molecular weight is 610 g/mol. The number of carbonyl (C=O) groups excluding carboxylic acids is 3. The highest BCUT2D eigenvalue weighted by atomic mass is 16.6. The largest absolute Gasteiger partial charge is 0.456 e. The summed E-state index contributed by atoms with van der Waals surface area (Å²) < 4.78 is 12.3. The van der Waals surface area contributed by atoms with Gasteiger partial charge in [0.15, 0.2) is 0 Å². The van der Waals surface area contributed by atoms with Crippen molar-refractivity contribution in [1.82, 2.24) is 4.90 Å². The number of rotatable bonds is 4. The lowest BCUT2D eigenvalue weighted by Crippen LogP contribution is -2.62. The highest BCUT2D eigenvalue weighted by Gasteiger charge is 2.55. The van der Waals surface area contributed by atoms with Crippen LogP contribution in [0.3, 0.4) is 0 Å². The predicted octanol–water partition coefficient (Wildman–Crippen LogP) is 5.16. The first-order valence-corrected chi connectivity index (χ1v) is 16.6. The van der Waals surface area contributed by atoms with Crippen molar-refractivity contribution < 1.29 is 34.1 Å². The average Bonchev–Trinajstić information content (AvgIpc) is 3.15. The summed E-state index contributed by atoms with van der Waals surface area (Å²) in [7, 11) is 0. The predicted molar refractivity (Wildman–Crippen MR) is 168 cm³/mol. The van der Waals surface area contributed by atoms with Crippen LogP contribution in [0.15, 0.2) is 54.6 Å². The maximum absolute atomic E-state index is 14.2. The van der Waals surface area contributed by atoms with Crippen LogP contribution >= 0.6 is 0 Å². The molecule has 242 valence electrons. The number of carbonyl (C=O) groups is 3. The Kier molecular flexibility index (Phi) is 12.0. The van der Waals surface area contributed by atoms with Crippen LogP contribution in [0.2, 0.25) is 0 Å². The van der Waals surface area contributed by atoms with Crippen molar-refractivity contribution in [3.8, 4) is 0 Å². The number of hydrogen-bond acceptors (Lipinski definition) is 7. The number of benzene rings is 1. The summed E-state index contributed by atoms with van der Waals surface area (Å²) in [6.45, 7) is 7.77. The number of aliphatic hydroxyl groups excluding tert-OH is 1. The fraction of sp³-hybridized carbons (Fsp3) is 0.639. The highest BCUT2D eigenvalue weighted by molar-refractivity contribution is 6.09. The minimum absolute atomic E-state index is 0.00846. The Labute approximate surface area is 262 Å². The number of ether oxygens (including phenoxy) is 2. The molecule has 2 bridgehead atoms. The number of esters is 1. The van der Waals surface area contributed by atoms with Gasteiger partial charge in [0, 0.05) is 24.3 Å². The number of Topliss-reactive ketones (excluding diaryl/α,β-unsaturated/α-hetero) is 1. The van der Waals surface area contributed by atoms with E-state index in [1.165, 1.54) is 4.90 Å². The zero-order valence-corrected chi connectivity index (χ0v) is 26.8. The molecule has 1 amide bonds. The number of piperidine rings is 1. The number of cyclic esters (lactones) is 1. The van der Waals surface area contributed by atoms with Gasteiger partial charge in [0.1, 0.15) is 12.1 Å². The van der Waals surface area contributed by atoms with E-state index >= 15 is 0 Å². The molecule has 0 aliphatic carbocycles. The third-order valence-corrected chi connectivity index (χ3v) is 9.88. The molecule has 9 atom stereocenters. The van der Waals surface area contributed by atoms with Gasteiger partial charge in [-0.05, 0) is 75.3 Å².